The summed E-state index contributed by atoms with van der Waals surface area (Å²) in [5.74, 6) is -0.345. The lowest BCUT2D eigenvalue weighted by atomic mass is 9.95. The highest BCUT2D eigenvalue weighted by Crippen LogP contribution is 2.34. The molecule has 0 atom stereocenters. The van der Waals surface area contributed by atoms with Crippen molar-refractivity contribution >= 4 is 27.5 Å². The predicted octanol–water partition coefficient (Wildman–Crippen LogP) is 4.45. The van der Waals surface area contributed by atoms with Crippen LogP contribution < -0.4 is 5.32 Å². The van der Waals surface area contributed by atoms with Crippen molar-refractivity contribution in [2.24, 2.45) is 5.41 Å². The summed E-state index contributed by atoms with van der Waals surface area (Å²) in [6.45, 7) is 5.05. The summed E-state index contributed by atoms with van der Waals surface area (Å²) in [7, 11) is 0. The van der Waals surface area contributed by atoms with Gasteiger partial charge >= 0.3 is 6.18 Å². The fourth-order valence-electron chi connectivity index (χ4n) is 1.11. The zero-order chi connectivity index (χ0) is 14.1. The zero-order valence-electron chi connectivity index (χ0n) is 10.2. The van der Waals surface area contributed by atoms with E-state index in [9.17, 15) is 18.0 Å². The van der Waals surface area contributed by atoms with E-state index >= 15 is 0 Å². The molecule has 6 heteroatoms. The van der Waals surface area contributed by atoms with E-state index in [0.717, 1.165) is 12.1 Å². The molecule has 0 aliphatic carbocycles. The molecule has 18 heavy (non-hydrogen) atoms. The first-order chi connectivity index (χ1) is 8.01. The van der Waals surface area contributed by atoms with Gasteiger partial charge in [0.25, 0.3) is 0 Å². The van der Waals surface area contributed by atoms with Gasteiger partial charge in [0.05, 0.1) is 11.3 Å². The number of rotatable bonds is 1. The van der Waals surface area contributed by atoms with Crippen LogP contribution in [0, 0.1) is 5.41 Å². The van der Waals surface area contributed by atoms with Gasteiger partial charge in [-0.1, -0.05) is 20.8 Å². The molecule has 1 rings (SSSR count). The molecule has 0 fully saturated rings. The maximum Gasteiger partial charge on any atom is 0.416 e. The second-order valence-electron chi connectivity index (χ2n) is 4.90. The largest absolute Gasteiger partial charge is 0.416 e. The molecule has 1 aromatic rings. The molecule has 2 nitrogen and oxygen atoms in total. The van der Waals surface area contributed by atoms with Crippen LogP contribution in [0.25, 0.3) is 0 Å². The molecule has 1 aromatic carbocycles. The van der Waals surface area contributed by atoms with Gasteiger partial charge in [-0.3, -0.25) is 4.79 Å². The lowest BCUT2D eigenvalue weighted by Crippen LogP contribution is -2.27. The highest BCUT2D eigenvalue weighted by molar-refractivity contribution is 9.10. The molecule has 0 saturated carbocycles. The van der Waals surface area contributed by atoms with E-state index in [0.29, 0.717) is 4.47 Å². The zero-order valence-corrected chi connectivity index (χ0v) is 11.7. The first-order valence-electron chi connectivity index (χ1n) is 5.20. The minimum absolute atomic E-state index is 0.116. The van der Waals surface area contributed by atoms with Crippen molar-refractivity contribution in [3.05, 3.63) is 28.2 Å². The molecule has 0 aliphatic rings. The van der Waals surface area contributed by atoms with Gasteiger partial charge in [0, 0.05) is 9.89 Å². The molecule has 0 radical (unpaired) electrons. The van der Waals surface area contributed by atoms with E-state index in [1.54, 1.807) is 20.8 Å². The fourth-order valence-corrected chi connectivity index (χ4v) is 1.45. The molecule has 0 bridgehead atoms. The Hall–Kier alpha value is -1.04. The summed E-state index contributed by atoms with van der Waals surface area (Å²) in [5.41, 5.74) is -1.35. The fraction of sp³-hybridized carbons (Fsp3) is 0.417. The van der Waals surface area contributed by atoms with E-state index in [1.165, 1.54) is 6.07 Å². The summed E-state index contributed by atoms with van der Waals surface area (Å²) < 4.78 is 38.0. The number of hydrogen-bond donors (Lipinski definition) is 1. The van der Waals surface area contributed by atoms with E-state index < -0.39 is 17.2 Å². The van der Waals surface area contributed by atoms with Crippen molar-refractivity contribution in [1.29, 1.82) is 0 Å². The van der Waals surface area contributed by atoms with Crippen LogP contribution in [-0.2, 0) is 11.0 Å². The van der Waals surface area contributed by atoms with Crippen LogP contribution in [0.4, 0.5) is 18.9 Å². The monoisotopic (exact) mass is 323 g/mol. The first kappa shape index (κ1) is 15.0. The number of benzene rings is 1. The molecule has 100 valence electrons. The Balaban J connectivity index is 3.06. The van der Waals surface area contributed by atoms with Crippen LogP contribution in [0.3, 0.4) is 0 Å². The number of hydrogen-bond acceptors (Lipinski definition) is 1. The summed E-state index contributed by atoms with van der Waals surface area (Å²) >= 11 is 3.11. The number of alkyl halides is 3. The molecule has 0 unspecified atom stereocenters. The van der Waals surface area contributed by atoms with Crippen molar-refractivity contribution in [3.63, 3.8) is 0 Å². The predicted molar refractivity (Wildman–Crippen MR) is 67.2 cm³/mol. The summed E-state index contributed by atoms with van der Waals surface area (Å²) in [4.78, 5) is 11.7. The molecule has 0 aliphatic heterocycles. The van der Waals surface area contributed by atoms with Gasteiger partial charge in [0.2, 0.25) is 5.91 Å². The number of carbonyl (C=O) groups excluding carboxylic acids is 1. The Kier molecular flexibility index (Phi) is 4.10. The lowest BCUT2D eigenvalue weighted by Gasteiger charge is -2.19. The Bertz CT molecular complexity index is 463. The number of amides is 1. The molecular formula is C12H13BrF3NO. The van der Waals surface area contributed by atoms with Crippen molar-refractivity contribution in [2.75, 3.05) is 5.32 Å². The lowest BCUT2D eigenvalue weighted by molar-refractivity contribution is -0.137. The SMILES string of the molecule is CC(C)(C)C(=O)Nc1cc(C(F)(F)F)ccc1Br. The van der Waals surface area contributed by atoms with Crippen LogP contribution in [0.2, 0.25) is 0 Å². The Labute approximate surface area is 112 Å². The summed E-state index contributed by atoms with van der Waals surface area (Å²) in [6.07, 6.45) is -4.43. The molecule has 0 spiro atoms. The van der Waals surface area contributed by atoms with Crippen LogP contribution in [0.1, 0.15) is 26.3 Å². The van der Waals surface area contributed by atoms with E-state index in [-0.39, 0.29) is 11.6 Å². The molecule has 1 N–H and O–H groups in total. The maximum absolute atomic E-state index is 12.5. The van der Waals surface area contributed by atoms with Crippen LogP contribution >= 0.6 is 15.9 Å². The minimum atomic E-state index is -4.43. The van der Waals surface area contributed by atoms with E-state index in [1.807, 2.05) is 0 Å². The molecule has 0 heterocycles. The van der Waals surface area contributed by atoms with E-state index in [4.69, 9.17) is 0 Å². The topological polar surface area (TPSA) is 29.1 Å². The first-order valence-corrected chi connectivity index (χ1v) is 5.99. The van der Waals surface area contributed by atoms with E-state index in [2.05, 4.69) is 21.2 Å². The van der Waals surface area contributed by atoms with Gasteiger partial charge in [0.15, 0.2) is 0 Å². The highest BCUT2D eigenvalue weighted by Gasteiger charge is 2.31. The summed E-state index contributed by atoms with van der Waals surface area (Å²) in [6, 6.07) is 3.13. The van der Waals surface area contributed by atoms with Gasteiger partial charge in [-0.15, -0.1) is 0 Å². The normalized spacial score (nSPS) is 12.4. The third-order valence-electron chi connectivity index (χ3n) is 2.22. The highest BCUT2D eigenvalue weighted by atomic mass is 79.9. The second-order valence-corrected chi connectivity index (χ2v) is 5.75. The average Bonchev–Trinajstić information content (AvgIpc) is 2.18. The average molecular weight is 324 g/mol. The Morgan fingerprint density at radius 1 is 1.22 bits per heavy atom. The van der Waals surface area contributed by atoms with Gasteiger partial charge in [-0.05, 0) is 34.1 Å². The van der Waals surface area contributed by atoms with Crippen molar-refractivity contribution in [3.8, 4) is 0 Å². The number of nitrogens with one attached hydrogen (secondary N) is 1. The maximum atomic E-state index is 12.5. The van der Waals surface area contributed by atoms with Gasteiger partial charge in [0.1, 0.15) is 0 Å². The second kappa shape index (κ2) is 4.91. The van der Waals surface area contributed by atoms with Crippen LogP contribution in [0.15, 0.2) is 22.7 Å². The standard InChI is InChI=1S/C12H13BrF3NO/c1-11(2,3)10(18)17-9-6-7(12(14,15)16)4-5-8(9)13/h4-6H,1-3H3,(H,17,18). The summed E-state index contributed by atoms with van der Waals surface area (Å²) in [5, 5.41) is 2.48. The van der Waals surface area contributed by atoms with Gasteiger partial charge in [-0.25, -0.2) is 0 Å². The van der Waals surface area contributed by atoms with Crippen molar-refractivity contribution in [2.45, 2.75) is 26.9 Å². The van der Waals surface area contributed by atoms with Gasteiger partial charge in [-0.2, -0.15) is 13.2 Å². The third-order valence-corrected chi connectivity index (χ3v) is 2.91. The van der Waals surface area contributed by atoms with Crippen LogP contribution in [-0.4, -0.2) is 5.91 Å². The smallest absolute Gasteiger partial charge is 0.325 e. The Morgan fingerprint density at radius 3 is 2.22 bits per heavy atom. The van der Waals surface area contributed by atoms with Crippen molar-refractivity contribution in [1.82, 2.24) is 0 Å². The number of anilines is 1. The van der Waals surface area contributed by atoms with Crippen molar-refractivity contribution < 1.29 is 18.0 Å². The quantitative estimate of drug-likeness (QED) is 0.812. The van der Waals surface area contributed by atoms with Crippen LogP contribution in [0.5, 0.6) is 0 Å². The number of halogens is 4. The Morgan fingerprint density at radius 2 is 1.78 bits per heavy atom. The number of carbonyl (C=O) groups is 1. The minimum Gasteiger partial charge on any atom is -0.325 e. The molecule has 1 amide bonds. The molecule has 0 aromatic heterocycles. The third kappa shape index (κ3) is 3.73. The molecule has 0 saturated heterocycles. The van der Waals surface area contributed by atoms with Gasteiger partial charge < -0.3 is 5.32 Å². The molecular weight excluding hydrogens is 311 g/mol.